The molecule has 0 aromatic carbocycles. The second-order valence-electron chi connectivity index (χ2n) is 3.23. The Bertz CT molecular complexity index is 300. The molecule has 0 radical (unpaired) electrons. The van der Waals surface area contributed by atoms with Crippen molar-refractivity contribution in [1.82, 2.24) is 0 Å². The van der Waals surface area contributed by atoms with Crippen molar-refractivity contribution in [2.75, 3.05) is 0 Å². The summed E-state index contributed by atoms with van der Waals surface area (Å²) in [4.78, 5) is 0. The smallest absolute Gasteiger partial charge is 0.323 e. The Morgan fingerprint density at radius 3 is 2.71 bits per heavy atom. The van der Waals surface area contributed by atoms with Crippen LogP contribution in [0.5, 0.6) is 0 Å². The Morgan fingerprint density at radius 2 is 2.21 bits per heavy atom. The Balaban J connectivity index is 3.02. The van der Waals surface area contributed by atoms with E-state index in [-0.39, 0.29) is 11.5 Å². The van der Waals surface area contributed by atoms with Gasteiger partial charge < -0.3 is 5.84 Å². The Labute approximate surface area is 80.0 Å². The Morgan fingerprint density at radius 1 is 1.57 bits per heavy atom. The fourth-order valence-corrected chi connectivity index (χ4v) is 1.33. The minimum Gasteiger partial charge on any atom is -0.323 e. The maximum Gasteiger partial charge on any atom is 0.416 e. The summed E-state index contributed by atoms with van der Waals surface area (Å²) in [5.41, 5.74) is -0.594. The number of halogens is 3. The monoisotopic (exact) mass is 204 g/mol. The molecule has 0 fully saturated rings. The number of allylic oxidation sites excluding steroid dienone is 4. The topological polar surface area (TPSA) is 38.4 Å². The molecule has 1 aliphatic rings. The number of hydrazone groups is 1. The molecule has 0 spiro atoms. The van der Waals surface area contributed by atoms with Crippen LogP contribution < -0.4 is 5.84 Å². The van der Waals surface area contributed by atoms with Crippen molar-refractivity contribution >= 4 is 6.21 Å². The number of rotatable bonds is 1. The van der Waals surface area contributed by atoms with E-state index in [4.69, 9.17) is 5.84 Å². The molecule has 1 aliphatic carbocycles. The van der Waals surface area contributed by atoms with E-state index in [2.05, 4.69) is 5.10 Å². The zero-order chi connectivity index (χ0) is 10.8. The average molecular weight is 204 g/mol. The molecule has 0 heterocycles. The van der Waals surface area contributed by atoms with Gasteiger partial charge in [0, 0.05) is 5.57 Å². The van der Waals surface area contributed by atoms with Crippen molar-refractivity contribution in [3.63, 3.8) is 0 Å². The molecular formula is C9H11F3N2. The summed E-state index contributed by atoms with van der Waals surface area (Å²) in [5, 5.41) is 3.11. The second-order valence-corrected chi connectivity index (χ2v) is 3.23. The summed E-state index contributed by atoms with van der Waals surface area (Å²) < 4.78 is 37.4. The van der Waals surface area contributed by atoms with Crippen molar-refractivity contribution < 1.29 is 13.2 Å². The van der Waals surface area contributed by atoms with Gasteiger partial charge >= 0.3 is 6.18 Å². The molecule has 0 saturated heterocycles. The van der Waals surface area contributed by atoms with E-state index in [1.165, 1.54) is 12.2 Å². The van der Waals surface area contributed by atoms with E-state index in [0.29, 0.717) is 6.42 Å². The molecule has 2 nitrogen and oxygen atoms in total. The van der Waals surface area contributed by atoms with Gasteiger partial charge in [-0.2, -0.15) is 18.3 Å². The van der Waals surface area contributed by atoms with Crippen LogP contribution >= 0.6 is 0 Å². The largest absolute Gasteiger partial charge is 0.416 e. The van der Waals surface area contributed by atoms with Crippen LogP contribution in [0, 0.1) is 5.92 Å². The van der Waals surface area contributed by atoms with E-state index >= 15 is 0 Å². The van der Waals surface area contributed by atoms with Crippen LogP contribution in [0.2, 0.25) is 0 Å². The van der Waals surface area contributed by atoms with E-state index in [9.17, 15) is 13.2 Å². The molecule has 2 N–H and O–H groups in total. The van der Waals surface area contributed by atoms with Gasteiger partial charge in [0.25, 0.3) is 0 Å². The molecule has 1 atom stereocenters. The first-order valence-electron chi connectivity index (χ1n) is 4.18. The van der Waals surface area contributed by atoms with Gasteiger partial charge in [0.2, 0.25) is 0 Å². The molecule has 0 aromatic heterocycles. The lowest BCUT2D eigenvalue weighted by atomic mass is 9.92. The zero-order valence-electron chi connectivity index (χ0n) is 7.67. The molecule has 0 amide bonds. The van der Waals surface area contributed by atoms with Crippen molar-refractivity contribution in [1.29, 1.82) is 0 Å². The molecule has 1 unspecified atom stereocenters. The van der Waals surface area contributed by atoms with Gasteiger partial charge in [-0.05, 0) is 12.3 Å². The minimum atomic E-state index is -4.33. The summed E-state index contributed by atoms with van der Waals surface area (Å²) in [6.07, 6.45) is -0.00525. The van der Waals surface area contributed by atoms with Crippen LogP contribution in [-0.2, 0) is 0 Å². The molecule has 0 bridgehead atoms. The predicted molar refractivity (Wildman–Crippen MR) is 48.7 cm³/mol. The van der Waals surface area contributed by atoms with E-state index in [1.54, 1.807) is 6.92 Å². The number of hydrogen-bond donors (Lipinski definition) is 1. The van der Waals surface area contributed by atoms with Crippen LogP contribution in [0.4, 0.5) is 13.2 Å². The number of alkyl halides is 3. The fraction of sp³-hybridized carbons (Fsp3) is 0.444. The molecule has 5 heteroatoms. The average Bonchev–Trinajstić information content (AvgIpc) is 2.07. The predicted octanol–water partition coefficient (Wildman–Crippen LogP) is 2.39. The van der Waals surface area contributed by atoms with Crippen LogP contribution in [0.3, 0.4) is 0 Å². The zero-order valence-corrected chi connectivity index (χ0v) is 7.67. The van der Waals surface area contributed by atoms with Crippen LogP contribution in [-0.4, -0.2) is 12.4 Å². The number of nitrogens with zero attached hydrogens (tertiary/aromatic N) is 1. The van der Waals surface area contributed by atoms with Crippen LogP contribution in [0.25, 0.3) is 0 Å². The summed E-state index contributed by atoms with van der Waals surface area (Å²) in [6, 6.07) is 0. The molecular weight excluding hydrogens is 193 g/mol. The lowest BCUT2D eigenvalue weighted by molar-refractivity contribution is -0.0894. The third kappa shape index (κ3) is 2.37. The number of hydrogen-bond acceptors (Lipinski definition) is 2. The fourth-order valence-electron chi connectivity index (χ4n) is 1.33. The minimum absolute atomic E-state index is 0.0538. The standard InChI is InChI=1S/C9H11F3N2/c1-6-2-3-7(5-14-13)8(4-6)9(10,11)12/h3-6H,2,13H2,1H3/b14-5+. The SMILES string of the molecule is CC1C=C(C(F)(F)F)C(/C=N/N)=CC1. The van der Waals surface area contributed by atoms with Crippen molar-refractivity contribution in [2.45, 2.75) is 19.5 Å². The molecule has 1 rings (SSSR count). The van der Waals surface area contributed by atoms with E-state index < -0.39 is 11.7 Å². The molecule has 78 valence electrons. The first kappa shape index (κ1) is 10.8. The van der Waals surface area contributed by atoms with Gasteiger partial charge in [0.1, 0.15) is 0 Å². The Hall–Kier alpha value is -1.26. The lowest BCUT2D eigenvalue weighted by Crippen LogP contribution is -2.18. The maximum absolute atomic E-state index is 12.5. The number of nitrogens with two attached hydrogens (primary N) is 1. The van der Waals surface area contributed by atoms with Crippen molar-refractivity contribution in [3.8, 4) is 0 Å². The molecule has 0 aromatic rings. The highest BCUT2D eigenvalue weighted by Crippen LogP contribution is 2.34. The second kappa shape index (κ2) is 3.86. The summed E-state index contributed by atoms with van der Waals surface area (Å²) in [5.74, 6) is 4.74. The summed E-state index contributed by atoms with van der Waals surface area (Å²) in [6.45, 7) is 1.73. The molecule has 14 heavy (non-hydrogen) atoms. The van der Waals surface area contributed by atoms with Gasteiger partial charge in [0.15, 0.2) is 0 Å². The Kier molecular flexibility index (Phi) is 2.98. The van der Waals surface area contributed by atoms with Crippen molar-refractivity contribution in [2.24, 2.45) is 16.9 Å². The quantitative estimate of drug-likeness (QED) is 0.397. The summed E-state index contributed by atoms with van der Waals surface area (Å²) in [7, 11) is 0. The third-order valence-corrected chi connectivity index (χ3v) is 1.99. The molecule has 0 saturated carbocycles. The first-order chi connectivity index (χ1) is 6.45. The van der Waals surface area contributed by atoms with Crippen LogP contribution in [0.15, 0.2) is 28.4 Å². The van der Waals surface area contributed by atoms with Gasteiger partial charge in [-0.1, -0.05) is 19.1 Å². The maximum atomic E-state index is 12.5. The highest BCUT2D eigenvalue weighted by Gasteiger charge is 2.36. The first-order valence-corrected chi connectivity index (χ1v) is 4.18. The highest BCUT2D eigenvalue weighted by atomic mass is 19.4. The molecule has 0 aliphatic heterocycles. The van der Waals surface area contributed by atoms with Crippen molar-refractivity contribution in [3.05, 3.63) is 23.3 Å². The van der Waals surface area contributed by atoms with Crippen LogP contribution in [0.1, 0.15) is 13.3 Å². The van der Waals surface area contributed by atoms with E-state index in [0.717, 1.165) is 6.21 Å². The van der Waals surface area contributed by atoms with E-state index in [1.807, 2.05) is 0 Å². The van der Waals surface area contributed by atoms with Gasteiger partial charge in [-0.15, -0.1) is 0 Å². The van der Waals surface area contributed by atoms with Gasteiger partial charge in [-0.25, -0.2) is 0 Å². The summed E-state index contributed by atoms with van der Waals surface area (Å²) >= 11 is 0. The van der Waals surface area contributed by atoms with Gasteiger partial charge in [-0.3, -0.25) is 0 Å². The van der Waals surface area contributed by atoms with Gasteiger partial charge in [0.05, 0.1) is 11.8 Å². The lowest BCUT2D eigenvalue weighted by Gasteiger charge is -2.19. The third-order valence-electron chi connectivity index (χ3n) is 1.99. The highest BCUT2D eigenvalue weighted by molar-refractivity contribution is 5.85. The normalized spacial score (nSPS) is 23.6.